The third-order valence-electron chi connectivity index (χ3n) is 5.37. The number of primary sulfonamides is 1. The SMILES string of the molecule is COc1ccccc1CCN(CCCCC(=O)c1ccc(OC)c(S(N)(=O)=O)c1)C(=O)OC(C)(C)C. The van der Waals surface area contributed by atoms with Crippen LogP contribution in [-0.4, -0.2) is 58.1 Å². The number of nitrogens with zero attached hydrogens (tertiary/aromatic N) is 1. The number of benzene rings is 2. The summed E-state index contributed by atoms with van der Waals surface area (Å²) in [7, 11) is -1.10. The number of nitrogens with two attached hydrogens (primary N) is 1. The summed E-state index contributed by atoms with van der Waals surface area (Å²) in [5.74, 6) is 0.614. The third-order valence-corrected chi connectivity index (χ3v) is 6.30. The van der Waals surface area contributed by atoms with Gasteiger partial charge < -0.3 is 19.1 Å². The third kappa shape index (κ3) is 8.83. The van der Waals surface area contributed by atoms with E-state index in [1.54, 1.807) is 12.0 Å². The molecule has 36 heavy (non-hydrogen) atoms. The fourth-order valence-corrected chi connectivity index (χ4v) is 4.31. The molecule has 0 saturated heterocycles. The number of carbonyl (C=O) groups is 2. The van der Waals surface area contributed by atoms with Crippen molar-refractivity contribution in [2.75, 3.05) is 27.3 Å². The molecule has 10 heteroatoms. The van der Waals surface area contributed by atoms with Crippen LogP contribution in [0, 0.1) is 0 Å². The molecule has 2 aromatic rings. The number of carbonyl (C=O) groups excluding carboxylic acids is 2. The molecule has 0 spiro atoms. The minimum absolute atomic E-state index is 0.0806. The number of hydrogen-bond acceptors (Lipinski definition) is 7. The summed E-state index contributed by atoms with van der Waals surface area (Å²) in [6, 6.07) is 11.8. The number of methoxy groups -OCH3 is 2. The first-order chi connectivity index (χ1) is 16.9. The van der Waals surface area contributed by atoms with Crippen molar-refractivity contribution in [3.8, 4) is 11.5 Å². The van der Waals surface area contributed by atoms with Crippen LogP contribution in [0.15, 0.2) is 47.4 Å². The van der Waals surface area contributed by atoms with Crippen molar-refractivity contribution in [2.24, 2.45) is 5.14 Å². The smallest absolute Gasteiger partial charge is 0.410 e. The van der Waals surface area contributed by atoms with E-state index in [0.29, 0.717) is 32.4 Å². The fourth-order valence-electron chi connectivity index (χ4n) is 3.59. The van der Waals surface area contributed by atoms with Crippen LogP contribution in [0.1, 0.15) is 56.0 Å². The topological polar surface area (TPSA) is 125 Å². The Bertz CT molecular complexity index is 1160. The molecule has 0 bridgehead atoms. The Morgan fingerprint density at radius 2 is 1.61 bits per heavy atom. The molecular formula is C26H36N2O7S. The van der Waals surface area contributed by atoms with Gasteiger partial charge in [0, 0.05) is 25.1 Å². The summed E-state index contributed by atoms with van der Waals surface area (Å²) in [4.78, 5) is 26.9. The van der Waals surface area contributed by atoms with Crippen molar-refractivity contribution in [1.29, 1.82) is 0 Å². The number of ether oxygens (including phenoxy) is 3. The maximum absolute atomic E-state index is 12.8. The summed E-state index contributed by atoms with van der Waals surface area (Å²) in [5.41, 5.74) is 0.583. The van der Waals surface area contributed by atoms with Crippen molar-refractivity contribution in [3.63, 3.8) is 0 Å². The van der Waals surface area contributed by atoms with Gasteiger partial charge >= 0.3 is 6.09 Å². The first-order valence-corrected chi connectivity index (χ1v) is 13.2. The van der Waals surface area contributed by atoms with Gasteiger partial charge in [0.1, 0.15) is 22.0 Å². The predicted octanol–water partition coefficient (Wildman–Crippen LogP) is 4.18. The zero-order valence-corrected chi connectivity index (χ0v) is 22.4. The van der Waals surface area contributed by atoms with Crippen molar-refractivity contribution in [3.05, 3.63) is 53.6 Å². The molecule has 9 nitrogen and oxygen atoms in total. The zero-order chi connectivity index (χ0) is 26.9. The van der Waals surface area contributed by atoms with E-state index in [1.807, 2.05) is 45.0 Å². The molecule has 0 aliphatic carbocycles. The van der Waals surface area contributed by atoms with Gasteiger partial charge in [-0.3, -0.25) is 4.79 Å². The van der Waals surface area contributed by atoms with Crippen LogP contribution in [0.5, 0.6) is 11.5 Å². The molecule has 198 valence electrons. The van der Waals surface area contributed by atoms with Crippen LogP contribution in [-0.2, 0) is 21.2 Å². The first kappa shape index (κ1) is 29.1. The molecule has 2 aromatic carbocycles. The zero-order valence-electron chi connectivity index (χ0n) is 21.6. The van der Waals surface area contributed by atoms with E-state index in [4.69, 9.17) is 19.3 Å². The van der Waals surface area contributed by atoms with Crippen molar-refractivity contribution >= 4 is 21.9 Å². The molecule has 0 aliphatic heterocycles. The Morgan fingerprint density at radius 3 is 2.22 bits per heavy atom. The summed E-state index contributed by atoms with van der Waals surface area (Å²) in [6.45, 7) is 6.27. The number of ketones is 1. The molecule has 2 N–H and O–H groups in total. The number of rotatable bonds is 12. The van der Waals surface area contributed by atoms with Gasteiger partial charge in [0.25, 0.3) is 0 Å². The number of para-hydroxylation sites is 1. The Hall–Kier alpha value is -3.11. The number of hydrogen-bond donors (Lipinski definition) is 1. The fraction of sp³-hybridized carbons (Fsp3) is 0.462. The average molecular weight is 521 g/mol. The van der Waals surface area contributed by atoms with Crippen LogP contribution >= 0.6 is 0 Å². The largest absolute Gasteiger partial charge is 0.496 e. The van der Waals surface area contributed by atoms with E-state index >= 15 is 0 Å². The van der Waals surface area contributed by atoms with E-state index in [1.165, 1.54) is 25.3 Å². The van der Waals surface area contributed by atoms with E-state index in [-0.39, 0.29) is 28.4 Å². The minimum Gasteiger partial charge on any atom is -0.496 e. The summed E-state index contributed by atoms with van der Waals surface area (Å²) in [6.07, 6.45) is 1.42. The number of unbranched alkanes of at least 4 members (excludes halogenated alkanes) is 1. The molecule has 0 fully saturated rings. The average Bonchev–Trinajstić information content (AvgIpc) is 2.81. The Labute approximate surface area is 213 Å². The van der Waals surface area contributed by atoms with Crippen molar-refractivity contribution in [1.82, 2.24) is 4.90 Å². The van der Waals surface area contributed by atoms with Gasteiger partial charge in [-0.2, -0.15) is 0 Å². The lowest BCUT2D eigenvalue weighted by atomic mass is 10.0. The lowest BCUT2D eigenvalue weighted by molar-refractivity contribution is 0.0249. The van der Waals surface area contributed by atoms with E-state index in [9.17, 15) is 18.0 Å². The van der Waals surface area contributed by atoms with Crippen LogP contribution in [0.2, 0.25) is 0 Å². The normalized spacial score (nSPS) is 11.6. The van der Waals surface area contributed by atoms with Gasteiger partial charge in [-0.15, -0.1) is 0 Å². The predicted molar refractivity (Wildman–Crippen MR) is 137 cm³/mol. The summed E-state index contributed by atoms with van der Waals surface area (Å²) < 4.78 is 39.6. The van der Waals surface area contributed by atoms with Crippen LogP contribution in [0.4, 0.5) is 4.79 Å². The van der Waals surface area contributed by atoms with Gasteiger partial charge in [-0.05, 0) is 69.9 Å². The van der Waals surface area contributed by atoms with Crippen molar-refractivity contribution in [2.45, 2.75) is 57.0 Å². The molecule has 0 aliphatic rings. The van der Waals surface area contributed by atoms with E-state index in [0.717, 1.165) is 11.3 Å². The Kier molecular flexibility index (Phi) is 10.3. The van der Waals surface area contributed by atoms with E-state index in [2.05, 4.69) is 0 Å². The first-order valence-electron chi connectivity index (χ1n) is 11.7. The molecule has 0 radical (unpaired) electrons. The highest BCUT2D eigenvalue weighted by atomic mass is 32.2. The number of sulfonamides is 1. The van der Waals surface area contributed by atoms with Gasteiger partial charge in [0.15, 0.2) is 5.78 Å². The second-order valence-corrected chi connectivity index (χ2v) is 10.9. The van der Waals surface area contributed by atoms with Crippen LogP contribution in [0.25, 0.3) is 0 Å². The molecule has 0 saturated carbocycles. The van der Waals surface area contributed by atoms with Gasteiger partial charge in [-0.1, -0.05) is 18.2 Å². The molecule has 1 amide bonds. The molecule has 0 atom stereocenters. The molecule has 0 heterocycles. The monoisotopic (exact) mass is 520 g/mol. The molecule has 2 rings (SSSR count). The standard InChI is InChI=1S/C26H36N2O7S/c1-26(2,3)35-25(30)28(17-15-19-10-6-7-12-22(19)33-4)16-9-8-11-21(29)20-13-14-23(34-5)24(18-20)36(27,31)32/h6-7,10,12-14,18H,8-9,11,15-17H2,1-5H3,(H2,27,31,32). The highest BCUT2D eigenvalue weighted by molar-refractivity contribution is 7.89. The van der Waals surface area contributed by atoms with Crippen LogP contribution in [0.3, 0.4) is 0 Å². The lowest BCUT2D eigenvalue weighted by Crippen LogP contribution is -2.38. The maximum Gasteiger partial charge on any atom is 0.410 e. The quantitative estimate of drug-likeness (QED) is 0.329. The summed E-state index contributed by atoms with van der Waals surface area (Å²) in [5, 5.41) is 5.24. The highest BCUT2D eigenvalue weighted by Crippen LogP contribution is 2.25. The molecule has 0 unspecified atom stereocenters. The van der Waals surface area contributed by atoms with Gasteiger partial charge in [-0.25, -0.2) is 18.4 Å². The minimum atomic E-state index is -4.04. The van der Waals surface area contributed by atoms with Gasteiger partial charge in [0.05, 0.1) is 14.2 Å². The van der Waals surface area contributed by atoms with Crippen LogP contribution < -0.4 is 14.6 Å². The maximum atomic E-state index is 12.8. The highest BCUT2D eigenvalue weighted by Gasteiger charge is 2.23. The van der Waals surface area contributed by atoms with E-state index < -0.39 is 21.7 Å². The Balaban J connectivity index is 2.02. The van der Waals surface area contributed by atoms with Gasteiger partial charge in [0.2, 0.25) is 10.0 Å². The molecule has 0 aromatic heterocycles. The summed E-state index contributed by atoms with van der Waals surface area (Å²) >= 11 is 0. The van der Waals surface area contributed by atoms with Crippen molar-refractivity contribution < 1.29 is 32.2 Å². The Morgan fingerprint density at radius 1 is 0.944 bits per heavy atom. The number of Topliss-reactive ketones (excluding diaryl/α,β-unsaturated/α-hetero) is 1. The second-order valence-electron chi connectivity index (χ2n) is 9.32. The lowest BCUT2D eigenvalue weighted by Gasteiger charge is -2.27. The number of amides is 1. The second kappa shape index (κ2) is 12.7. The molecular weight excluding hydrogens is 484 g/mol.